The number of nitrogens with two attached hydrogens (primary N) is 1. The number of nitrogens with zero attached hydrogens (tertiary/aromatic N) is 3. The number of carbonyl (C=O) groups excluding carboxylic acids is 1. The third kappa shape index (κ3) is 4.19. The molecule has 0 aliphatic carbocycles. The first-order valence-corrected chi connectivity index (χ1v) is 6.24. The lowest BCUT2D eigenvalue weighted by atomic mass is 9.92. The van der Waals surface area contributed by atoms with Crippen LogP contribution in [-0.4, -0.2) is 41.1 Å². The first-order chi connectivity index (χ1) is 9.42. The third-order valence-electron chi connectivity index (χ3n) is 2.55. The van der Waals surface area contributed by atoms with E-state index in [4.69, 9.17) is 10.6 Å². The van der Waals surface area contributed by atoms with Gasteiger partial charge in [0.15, 0.2) is 0 Å². The normalized spacial score (nSPS) is 10.8. The van der Waals surface area contributed by atoms with Gasteiger partial charge >= 0.3 is 6.01 Å². The molecule has 1 heterocycles. The molecule has 0 aromatic carbocycles. The molecule has 0 bridgehead atoms. The van der Waals surface area contributed by atoms with Crippen LogP contribution in [0.2, 0.25) is 0 Å². The van der Waals surface area contributed by atoms with Crippen molar-refractivity contribution < 1.29 is 9.53 Å². The monoisotopic (exact) mass is 283 g/mol. The van der Waals surface area contributed by atoms with Crippen LogP contribution in [0, 0.1) is 5.41 Å². The van der Waals surface area contributed by atoms with Crippen molar-refractivity contribution in [1.29, 1.82) is 0 Å². The molecule has 1 rings (SSSR count). The highest BCUT2D eigenvalue weighted by atomic mass is 16.5. The average Bonchev–Trinajstić information content (AvgIpc) is 2.44. The fraction of sp³-hybridized carbons (Fsp3) is 0.636. The Labute approximate surface area is 117 Å². The van der Waals surface area contributed by atoms with Crippen LogP contribution in [0.3, 0.4) is 0 Å². The topological polar surface area (TPSA) is 127 Å². The van der Waals surface area contributed by atoms with Crippen molar-refractivity contribution in [3.8, 4) is 6.01 Å². The van der Waals surface area contributed by atoms with Gasteiger partial charge in [0.2, 0.25) is 17.8 Å². The van der Waals surface area contributed by atoms with Crippen LogP contribution in [-0.2, 0) is 4.79 Å². The number of nitrogen functional groups attached to an aromatic ring is 1. The molecule has 9 nitrogen and oxygen atoms in total. The second-order valence-electron chi connectivity index (χ2n) is 4.66. The summed E-state index contributed by atoms with van der Waals surface area (Å²) in [5.41, 5.74) is 1.73. The Morgan fingerprint density at radius 1 is 1.30 bits per heavy atom. The summed E-state index contributed by atoms with van der Waals surface area (Å²) in [5, 5.41) is 5.58. The summed E-state index contributed by atoms with van der Waals surface area (Å²) in [6.07, 6.45) is 0. The van der Waals surface area contributed by atoms with E-state index in [1.807, 2.05) is 20.8 Å². The minimum absolute atomic E-state index is 0.0822. The number of hydrogen-bond acceptors (Lipinski definition) is 8. The number of carbonyl (C=O) groups is 1. The van der Waals surface area contributed by atoms with Gasteiger partial charge in [0, 0.05) is 13.6 Å². The van der Waals surface area contributed by atoms with Crippen LogP contribution in [0.4, 0.5) is 11.9 Å². The number of rotatable bonds is 7. The van der Waals surface area contributed by atoms with Gasteiger partial charge in [-0.3, -0.25) is 10.2 Å². The lowest BCUT2D eigenvalue weighted by Crippen LogP contribution is -2.39. The van der Waals surface area contributed by atoms with E-state index in [0.717, 1.165) is 0 Å². The maximum atomic E-state index is 11.7. The molecule has 1 aromatic heterocycles. The number of amides is 1. The molecule has 0 unspecified atom stereocenters. The van der Waals surface area contributed by atoms with Crippen LogP contribution >= 0.6 is 0 Å². The molecular weight excluding hydrogens is 262 g/mol. The zero-order chi connectivity index (χ0) is 15.2. The molecule has 1 aromatic rings. The molecule has 0 atom stereocenters. The maximum Gasteiger partial charge on any atom is 0.323 e. The summed E-state index contributed by atoms with van der Waals surface area (Å²) in [6, 6.07) is 0.163. The van der Waals surface area contributed by atoms with Gasteiger partial charge in [-0.25, -0.2) is 5.84 Å². The molecule has 20 heavy (non-hydrogen) atoms. The molecule has 112 valence electrons. The Bertz CT molecular complexity index is 464. The molecule has 0 fully saturated rings. The molecule has 0 radical (unpaired) electrons. The molecule has 0 aliphatic rings. The van der Waals surface area contributed by atoms with Crippen LogP contribution in [0.25, 0.3) is 0 Å². The second-order valence-corrected chi connectivity index (χ2v) is 4.66. The van der Waals surface area contributed by atoms with Gasteiger partial charge in [-0.2, -0.15) is 15.0 Å². The Hall–Kier alpha value is -2.16. The minimum atomic E-state index is -0.608. The van der Waals surface area contributed by atoms with E-state index in [9.17, 15) is 4.79 Å². The van der Waals surface area contributed by atoms with Crippen molar-refractivity contribution in [3.63, 3.8) is 0 Å². The molecular formula is C11H21N7O2. The fourth-order valence-corrected chi connectivity index (χ4v) is 1.41. The number of anilines is 2. The molecule has 0 spiro atoms. The van der Waals surface area contributed by atoms with E-state index < -0.39 is 5.41 Å². The minimum Gasteiger partial charge on any atom is -0.464 e. The molecule has 0 aliphatic heterocycles. The van der Waals surface area contributed by atoms with Crippen LogP contribution in [0.1, 0.15) is 20.8 Å². The Morgan fingerprint density at radius 3 is 2.50 bits per heavy atom. The number of aromatic nitrogens is 3. The maximum absolute atomic E-state index is 11.7. The number of hydrazine groups is 1. The van der Waals surface area contributed by atoms with Crippen molar-refractivity contribution >= 4 is 17.8 Å². The van der Waals surface area contributed by atoms with Gasteiger partial charge in [-0.1, -0.05) is 0 Å². The summed E-state index contributed by atoms with van der Waals surface area (Å²) in [5.74, 6) is 5.67. The van der Waals surface area contributed by atoms with E-state index in [2.05, 4.69) is 31.0 Å². The van der Waals surface area contributed by atoms with Gasteiger partial charge in [-0.15, -0.1) is 0 Å². The summed E-state index contributed by atoms with van der Waals surface area (Å²) < 4.78 is 5.21. The van der Waals surface area contributed by atoms with Gasteiger partial charge in [0.1, 0.15) is 0 Å². The van der Waals surface area contributed by atoms with E-state index in [1.165, 1.54) is 0 Å². The molecule has 1 amide bonds. The molecule has 0 saturated heterocycles. The molecule has 5 N–H and O–H groups in total. The summed E-state index contributed by atoms with van der Waals surface area (Å²) >= 11 is 0. The molecule has 0 saturated carbocycles. The largest absolute Gasteiger partial charge is 0.464 e. The second kappa shape index (κ2) is 6.85. The van der Waals surface area contributed by atoms with Crippen LogP contribution in [0.15, 0.2) is 0 Å². The van der Waals surface area contributed by atoms with Gasteiger partial charge < -0.3 is 15.4 Å². The average molecular weight is 283 g/mol. The van der Waals surface area contributed by atoms with Gasteiger partial charge in [0.05, 0.1) is 12.0 Å². The quantitative estimate of drug-likeness (QED) is 0.398. The van der Waals surface area contributed by atoms with Crippen molar-refractivity contribution in [3.05, 3.63) is 0 Å². The van der Waals surface area contributed by atoms with Gasteiger partial charge in [0.25, 0.3) is 0 Å². The zero-order valence-electron chi connectivity index (χ0n) is 12.1. The van der Waals surface area contributed by atoms with Crippen LogP contribution < -0.4 is 26.6 Å². The number of nitrogens with one attached hydrogen (secondary N) is 3. The highest BCUT2D eigenvalue weighted by Crippen LogP contribution is 2.17. The zero-order valence-corrected chi connectivity index (χ0v) is 12.1. The van der Waals surface area contributed by atoms with E-state index >= 15 is 0 Å². The SMILES string of the molecule is CCOc1nc(NN)nc(NCC(C)(C)C(=O)NC)n1. The summed E-state index contributed by atoms with van der Waals surface area (Å²) in [4.78, 5) is 23.7. The number of hydrogen-bond donors (Lipinski definition) is 4. The smallest absolute Gasteiger partial charge is 0.323 e. The van der Waals surface area contributed by atoms with Crippen molar-refractivity contribution in [2.24, 2.45) is 11.3 Å². The van der Waals surface area contributed by atoms with E-state index in [0.29, 0.717) is 13.2 Å². The third-order valence-corrected chi connectivity index (χ3v) is 2.55. The van der Waals surface area contributed by atoms with Crippen molar-refractivity contribution in [2.45, 2.75) is 20.8 Å². The standard InChI is InChI=1S/C11H21N7O2/c1-5-20-10-16-8(15-9(17-10)18-12)14-6-11(2,3)7(19)13-4/h5-6,12H2,1-4H3,(H,13,19)(H2,14,15,16,17,18). The van der Waals surface area contributed by atoms with E-state index in [1.54, 1.807) is 7.05 Å². The summed E-state index contributed by atoms with van der Waals surface area (Å²) in [6.45, 7) is 6.22. The van der Waals surface area contributed by atoms with Crippen molar-refractivity contribution in [2.75, 3.05) is 30.9 Å². The predicted octanol–water partition coefficient (Wildman–Crippen LogP) is -0.260. The van der Waals surface area contributed by atoms with Gasteiger partial charge in [-0.05, 0) is 20.8 Å². The highest BCUT2D eigenvalue weighted by molar-refractivity contribution is 5.82. The number of ether oxygens (including phenoxy) is 1. The Morgan fingerprint density at radius 2 is 1.95 bits per heavy atom. The Kier molecular flexibility index (Phi) is 5.44. The van der Waals surface area contributed by atoms with Crippen molar-refractivity contribution in [1.82, 2.24) is 20.3 Å². The lowest BCUT2D eigenvalue weighted by Gasteiger charge is -2.22. The predicted molar refractivity (Wildman–Crippen MR) is 75.1 cm³/mol. The lowest BCUT2D eigenvalue weighted by molar-refractivity contribution is -0.128. The fourth-order valence-electron chi connectivity index (χ4n) is 1.41. The summed E-state index contributed by atoms with van der Waals surface area (Å²) in [7, 11) is 1.59. The first kappa shape index (κ1) is 15.9. The highest BCUT2D eigenvalue weighted by Gasteiger charge is 2.26. The van der Waals surface area contributed by atoms with Crippen LogP contribution in [0.5, 0.6) is 6.01 Å². The Balaban J connectivity index is 2.81. The van der Waals surface area contributed by atoms with E-state index in [-0.39, 0.29) is 23.8 Å². The first-order valence-electron chi connectivity index (χ1n) is 6.24. The molecule has 9 heteroatoms.